The Balaban J connectivity index is 1.82. The highest BCUT2D eigenvalue weighted by Gasteiger charge is 2.22. The Hall–Kier alpha value is -4.32. The lowest BCUT2D eigenvalue weighted by atomic mass is 9.84. The number of phenolic OH excluding ortho intramolecular Hbond substituents is 2. The maximum atomic E-state index is 13.7. The van der Waals surface area contributed by atoms with Crippen molar-refractivity contribution in [3.8, 4) is 28.4 Å². The molecule has 0 aliphatic rings. The molecule has 0 aliphatic carbocycles. The molecule has 38 heavy (non-hydrogen) atoms. The van der Waals surface area contributed by atoms with Crippen molar-refractivity contribution in [1.82, 2.24) is 4.98 Å². The van der Waals surface area contributed by atoms with Crippen LogP contribution < -0.4 is 10.5 Å². The van der Waals surface area contributed by atoms with E-state index in [9.17, 15) is 15.0 Å². The lowest BCUT2D eigenvalue weighted by Gasteiger charge is -2.19. The number of pyridine rings is 1. The van der Waals surface area contributed by atoms with E-state index in [2.05, 4.69) is 11.9 Å². The summed E-state index contributed by atoms with van der Waals surface area (Å²) in [6.45, 7) is 2.16. The number of benzene rings is 3. The second-order valence-corrected chi connectivity index (χ2v) is 9.51. The van der Waals surface area contributed by atoms with E-state index in [0.29, 0.717) is 18.0 Å². The third-order valence-electron chi connectivity index (χ3n) is 6.74. The van der Waals surface area contributed by atoms with E-state index in [1.165, 1.54) is 7.11 Å². The first-order chi connectivity index (χ1) is 18.4. The molecule has 0 saturated carbocycles. The van der Waals surface area contributed by atoms with Gasteiger partial charge in [0.2, 0.25) is 0 Å². The van der Waals surface area contributed by atoms with Crippen molar-refractivity contribution in [1.29, 1.82) is 0 Å². The molecule has 0 radical (unpaired) electrons. The van der Waals surface area contributed by atoms with Crippen molar-refractivity contribution in [2.24, 2.45) is 0 Å². The Morgan fingerprint density at radius 1 is 1.05 bits per heavy atom. The standard InChI is InChI=1S/C32H34N2O4/c1-3-4-5-6-7-8-29(36)28(15-21-9-13-30(37)31(16-21)38-2)24-17-23-18-25(35)11-12-26(23)27(19-24)22-10-14-32(33)34-20-22/h7-14,16-20,28,35,37H,3-6,15H2,1-2H3,(H2,33,34). The summed E-state index contributed by atoms with van der Waals surface area (Å²) in [6, 6.07) is 18.0. The number of methoxy groups -OCH3 is 1. The molecule has 4 aromatic rings. The van der Waals surface area contributed by atoms with Crippen molar-refractivity contribution < 1.29 is 19.7 Å². The number of nitrogens with two attached hydrogens (primary N) is 1. The van der Waals surface area contributed by atoms with Gasteiger partial charge in [-0.3, -0.25) is 4.79 Å². The van der Waals surface area contributed by atoms with Gasteiger partial charge in [-0.15, -0.1) is 0 Å². The largest absolute Gasteiger partial charge is 0.508 e. The van der Waals surface area contributed by atoms with Gasteiger partial charge in [0.25, 0.3) is 0 Å². The van der Waals surface area contributed by atoms with Crippen LogP contribution in [0.2, 0.25) is 0 Å². The fraction of sp³-hybridized carbons (Fsp3) is 0.250. The van der Waals surface area contributed by atoms with Gasteiger partial charge in [-0.2, -0.15) is 0 Å². The van der Waals surface area contributed by atoms with E-state index in [0.717, 1.165) is 58.7 Å². The summed E-state index contributed by atoms with van der Waals surface area (Å²) in [5, 5.41) is 22.1. The highest BCUT2D eigenvalue weighted by Crippen LogP contribution is 2.36. The second kappa shape index (κ2) is 12.3. The Kier molecular flexibility index (Phi) is 8.64. The number of aromatic hydroxyl groups is 2. The molecule has 6 nitrogen and oxygen atoms in total. The molecule has 0 fully saturated rings. The number of nitrogens with zero attached hydrogens (tertiary/aromatic N) is 1. The van der Waals surface area contributed by atoms with Crippen LogP contribution in [0.5, 0.6) is 17.2 Å². The van der Waals surface area contributed by atoms with Crippen LogP contribution in [-0.2, 0) is 11.2 Å². The van der Waals surface area contributed by atoms with Gasteiger partial charge in [0, 0.05) is 11.8 Å². The minimum Gasteiger partial charge on any atom is -0.508 e. The van der Waals surface area contributed by atoms with Crippen LogP contribution in [0.15, 0.2) is 79.0 Å². The number of allylic oxidation sites excluding steroid dienone is 2. The maximum Gasteiger partial charge on any atom is 0.163 e. The van der Waals surface area contributed by atoms with Crippen LogP contribution in [-0.4, -0.2) is 28.1 Å². The second-order valence-electron chi connectivity index (χ2n) is 9.51. The van der Waals surface area contributed by atoms with Crippen LogP contribution in [0.4, 0.5) is 5.82 Å². The number of carbonyl (C=O) groups excluding carboxylic acids is 1. The van der Waals surface area contributed by atoms with Gasteiger partial charge < -0.3 is 20.7 Å². The molecule has 0 bridgehead atoms. The molecule has 6 heteroatoms. The van der Waals surface area contributed by atoms with E-state index < -0.39 is 5.92 Å². The van der Waals surface area contributed by atoms with E-state index >= 15 is 0 Å². The third kappa shape index (κ3) is 6.32. The lowest BCUT2D eigenvalue weighted by molar-refractivity contribution is -0.116. The minimum atomic E-state index is -0.487. The molecule has 0 saturated heterocycles. The average molecular weight is 511 g/mol. The summed E-state index contributed by atoms with van der Waals surface area (Å²) in [4.78, 5) is 17.9. The molecule has 1 atom stereocenters. The first-order valence-corrected chi connectivity index (χ1v) is 12.9. The number of fused-ring (bicyclic) bond motifs is 1. The SMILES string of the molecule is CCCCCC=CC(=O)C(Cc1ccc(O)c(OC)c1)c1cc(-c2ccc(N)nc2)c2ccc(O)cc2c1. The van der Waals surface area contributed by atoms with Gasteiger partial charge in [0.05, 0.1) is 13.0 Å². The zero-order valence-electron chi connectivity index (χ0n) is 21.9. The zero-order valence-corrected chi connectivity index (χ0v) is 21.9. The fourth-order valence-corrected chi connectivity index (χ4v) is 4.68. The van der Waals surface area contributed by atoms with Crippen molar-refractivity contribution >= 4 is 22.4 Å². The fourth-order valence-electron chi connectivity index (χ4n) is 4.68. The predicted molar refractivity (Wildman–Crippen MR) is 153 cm³/mol. The molecule has 1 aromatic heterocycles. The van der Waals surface area contributed by atoms with E-state index in [-0.39, 0.29) is 17.3 Å². The van der Waals surface area contributed by atoms with Crippen molar-refractivity contribution in [2.45, 2.75) is 44.9 Å². The van der Waals surface area contributed by atoms with Crippen LogP contribution in [0.3, 0.4) is 0 Å². The summed E-state index contributed by atoms with van der Waals surface area (Å²) in [6.07, 6.45) is 9.93. The molecule has 0 spiro atoms. The van der Waals surface area contributed by atoms with Gasteiger partial charge in [-0.25, -0.2) is 4.98 Å². The number of phenols is 2. The Morgan fingerprint density at radius 3 is 2.63 bits per heavy atom. The molecule has 3 aromatic carbocycles. The number of hydrogen-bond donors (Lipinski definition) is 3. The molecular weight excluding hydrogens is 476 g/mol. The quantitative estimate of drug-likeness (QED) is 0.149. The van der Waals surface area contributed by atoms with Crippen molar-refractivity contribution in [3.63, 3.8) is 0 Å². The van der Waals surface area contributed by atoms with Crippen LogP contribution in [0.25, 0.3) is 21.9 Å². The van der Waals surface area contributed by atoms with Crippen molar-refractivity contribution in [3.05, 3.63) is 90.1 Å². The van der Waals surface area contributed by atoms with Gasteiger partial charge in [0.15, 0.2) is 17.3 Å². The molecular formula is C32H34N2O4. The molecule has 1 unspecified atom stereocenters. The van der Waals surface area contributed by atoms with Gasteiger partial charge in [-0.05, 0) is 95.3 Å². The normalized spacial score (nSPS) is 12.2. The van der Waals surface area contributed by atoms with E-state index in [1.807, 2.05) is 30.3 Å². The van der Waals surface area contributed by atoms with E-state index in [1.54, 1.807) is 48.7 Å². The van der Waals surface area contributed by atoms with Crippen LogP contribution >= 0.6 is 0 Å². The summed E-state index contributed by atoms with van der Waals surface area (Å²) in [5.74, 6) is 0.496. The number of ketones is 1. The Morgan fingerprint density at radius 2 is 1.89 bits per heavy atom. The number of nitrogen functional groups attached to an aromatic ring is 1. The maximum absolute atomic E-state index is 13.7. The Bertz CT molecular complexity index is 1440. The number of carbonyl (C=O) groups is 1. The lowest BCUT2D eigenvalue weighted by Crippen LogP contribution is -2.14. The smallest absolute Gasteiger partial charge is 0.163 e. The number of aromatic nitrogens is 1. The van der Waals surface area contributed by atoms with Crippen molar-refractivity contribution in [2.75, 3.05) is 12.8 Å². The average Bonchev–Trinajstić information content (AvgIpc) is 2.92. The summed E-state index contributed by atoms with van der Waals surface area (Å²) >= 11 is 0. The van der Waals surface area contributed by atoms with Crippen LogP contribution in [0, 0.1) is 0 Å². The summed E-state index contributed by atoms with van der Waals surface area (Å²) in [5.41, 5.74) is 9.28. The highest BCUT2D eigenvalue weighted by atomic mass is 16.5. The first-order valence-electron chi connectivity index (χ1n) is 12.9. The highest BCUT2D eigenvalue weighted by molar-refractivity contribution is 6.01. The van der Waals surface area contributed by atoms with E-state index in [4.69, 9.17) is 10.5 Å². The monoisotopic (exact) mass is 510 g/mol. The first kappa shape index (κ1) is 26.7. The summed E-state index contributed by atoms with van der Waals surface area (Å²) in [7, 11) is 1.50. The number of hydrogen-bond acceptors (Lipinski definition) is 6. The number of anilines is 1. The minimum absolute atomic E-state index is 0.00516. The molecule has 0 aliphatic heterocycles. The zero-order chi connectivity index (χ0) is 27.1. The molecule has 1 heterocycles. The summed E-state index contributed by atoms with van der Waals surface area (Å²) < 4.78 is 5.30. The predicted octanol–water partition coefficient (Wildman–Crippen LogP) is 6.94. The number of rotatable bonds is 11. The molecule has 4 rings (SSSR count). The molecule has 196 valence electrons. The van der Waals surface area contributed by atoms with Gasteiger partial charge in [0.1, 0.15) is 11.6 Å². The van der Waals surface area contributed by atoms with Crippen LogP contribution in [0.1, 0.15) is 49.7 Å². The van der Waals surface area contributed by atoms with Gasteiger partial charge >= 0.3 is 0 Å². The van der Waals surface area contributed by atoms with Gasteiger partial charge in [-0.1, -0.05) is 44.0 Å². The molecule has 0 amide bonds. The number of unbranched alkanes of at least 4 members (excludes halogenated alkanes) is 3. The topological polar surface area (TPSA) is 106 Å². The molecule has 4 N–H and O–H groups in total. The third-order valence-corrected chi connectivity index (χ3v) is 6.74. The Labute approximate surface area is 223 Å². The number of ether oxygens (including phenoxy) is 1.